The maximum Gasteiger partial charge on any atom is 0.229 e. The van der Waals surface area contributed by atoms with Gasteiger partial charge in [-0.1, -0.05) is 30.3 Å². The molecule has 0 aliphatic heterocycles. The number of hydrogen-bond donors (Lipinski definition) is 1. The summed E-state index contributed by atoms with van der Waals surface area (Å²) in [6.07, 6.45) is 0. The Labute approximate surface area is 162 Å². The van der Waals surface area contributed by atoms with Gasteiger partial charge >= 0.3 is 0 Å². The zero-order valence-corrected chi connectivity index (χ0v) is 15.9. The molecule has 0 radical (unpaired) electrons. The average Bonchev–Trinajstić information content (AvgIpc) is 2.67. The maximum atomic E-state index is 14.0. The number of aromatic nitrogens is 2. The van der Waals surface area contributed by atoms with E-state index in [0.29, 0.717) is 18.1 Å². The number of anilines is 3. The van der Waals surface area contributed by atoms with E-state index in [1.807, 2.05) is 50.2 Å². The van der Waals surface area contributed by atoms with Crippen molar-refractivity contribution in [1.82, 2.24) is 9.97 Å². The van der Waals surface area contributed by atoms with E-state index in [4.69, 9.17) is 0 Å². The SMILES string of the molecule is Cc1cc(N(Cc2ccccc2)C(C)C)nc(Nc2ccc(F)c(F)c2F)n1. The van der Waals surface area contributed by atoms with Crippen LogP contribution >= 0.6 is 0 Å². The molecule has 0 saturated heterocycles. The summed E-state index contributed by atoms with van der Waals surface area (Å²) in [6.45, 7) is 6.51. The highest BCUT2D eigenvalue weighted by Gasteiger charge is 2.17. The highest BCUT2D eigenvalue weighted by Crippen LogP contribution is 2.25. The van der Waals surface area contributed by atoms with Gasteiger partial charge in [0.2, 0.25) is 5.95 Å². The van der Waals surface area contributed by atoms with E-state index in [1.54, 1.807) is 6.92 Å². The Kier molecular flexibility index (Phi) is 5.82. The first-order chi connectivity index (χ1) is 13.3. The van der Waals surface area contributed by atoms with E-state index in [0.717, 1.165) is 17.7 Å². The van der Waals surface area contributed by atoms with Crippen LogP contribution in [0.5, 0.6) is 0 Å². The number of nitrogens with one attached hydrogen (secondary N) is 1. The summed E-state index contributed by atoms with van der Waals surface area (Å²) in [5, 5.41) is 2.65. The first-order valence-electron chi connectivity index (χ1n) is 8.92. The zero-order valence-electron chi connectivity index (χ0n) is 15.9. The third kappa shape index (κ3) is 4.42. The molecular weight excluding hydrogens is 365 g/mol. The van der Waals surface area contributed by atoms with Crippen LogP contribution in [0.3, 0.4) is 0 Å². The third-order valence-corrected chi connectivity index (χ3v) is 4.24. The van der Waals surface area contributed by atoms with Gasteiger partial charge in [-0.3, -0.25) is 0 Å². The lowest BCUT2D eigenvalue weighted by atomic mass is 10.2. The summed E-state index contributed by atoms with van der Waals surface area (Å²) in [6, 6.07) is 13.9. The molecule has 7 heteroatoms. The molecule has 3 rings (SSSR count). The third-order valence-electron chi connectivity index (χ3n) is 4.24. The van der Waals surface area contributed by atoms with Crippen LogP contribution < -0.4 is 10.2 Å². The minimum Gasteiger partial charge on any atom is -0.350 e. The van der Waals surface area contributed by atoms with Crippen molar-refractivity contribution in [1.29, 1.82) is 0 Å². The van der Waals surface area contributed by atoms with Crippen LogP contribution in [0.15, 0.2) is 48.5 Å². The van der Waals surface area contributed by atoms with E-state index in [1.165, 1.54) is 0 Å². The number of halogens is 3. The molecule has 0 amide bonds. The molecule has 0 aliphatic rings. The Hall–Kier alpha value is -3.09. The molecule has 0 saturated carbocycles. The molecular formula is C21H21F3N4. The fraction of sp³-hybridized carbons (Fsp3) is 0.238. The van der Waals surface area contributed by atoms with Crippen LogP contribution in [0.2, 0.25) is 0 Å². The minimum atomic E-state index is -1.54. The van der Waals surface area contributed by atoms with Gasteiger partial charge < -0.3 is 10.2 Å². The fourth-order valence-electron chi connectivity index (χ4n) is 2.81. The van der Waals surface area contributed by atoms with E-state index < -0.39 is 17.5 Å². The molecule has 0 aliphatic carbocycles. The van der Waals surface area contributed by atoms with E-state index in [9.17, 15) is 13.2 Å². The van der Waals surface area contributed by atoms with Crippen LogP contribution in [-0.4, -0.2) is 16.0 Å². The van der Waals surface area contributed by atoms with Crippen molar-refractivity contribution < 1.29 is 13.2 Å². The van der Waals surface area contributed by atoms with Crippen molar-refractivity contribution >= 4 is 17.5 Å². The summed E-state index contributed by atoms with van der Waals surface area (Å²) in [4.78, 5) is 10.8. The molecule has 2 aromatic carbocycles. The normalized spacial score (nSPS) is 11.0. The first-order valence-corrected chi connectivity index (χ1v) is 8.92. The number of benzene rings is 2. The second-order valence-electron chi connectivity index (χ2n) is 6.75. The summed E-state index contributed by atoms with van der Waals surface area (Å²) in [7, 11) is 0. The van der Waals surface area contributed by atoms with Gasteiger partial charge in [-0.2, -0.15) is 4.98 Å². The highest BCUT2D eigenvalue weighted by atomic mass is 19.2. The summed E-state index contributed by atoms with van der Waals surface area (Å²) in [5.74, 6) is -3.33. The molecule has 0 bridgehead atoms. The topological polar surface area (TPSA) is 41.1 Å². The van der Waals surface area contributed by atoms with Gasteiger partial charge in [-0.25, -0.2) is 18.2 Å². The standard InChI is InChI=1S/C21H21F3N4/c1-13(2)28(12-15-7-5-4-6-8-15)18-11-14(3)25-21(27-18)26-17-10-9-16(22)19(23)20(17)24/h4-11,13H,12H2,1-3H3,(H,25,26,27). The monoisotopic (exact) mass is 386 g/mol. The lowest BCUT2D eigenvalue weighted by Crippen LogP contribution is -2.31. The molecule has 28 heavy (non-hydrogen) atoms. The number of rotatable bonds is 6. The molecule has 146 valence electrons. The molecule has 0 atom stereocenters. The largest absolute Gasteiger partial charge is 0.350 e. The average molecular weight is 386 g/mol. The smallest absolute Gasteiger partial charge is 0.229 e. The van der Waals surface area contributed by atoms with Crippen molar-refractivity contribution in [2.75, 3.05) is 10.2 Å². The highest BCUT2D eigenvalue weighted by molar-refractivity contribution is 5.57. The van der Waals surface area contributed by atoms with Gasteiger partial charge in [-0.05, 0) is 38.5 Å². The molecule has 1 aromatic heterocycles. The van der Waals surface area contributed by atoms with Gasteiger partial charge in [0.05, 0.1) is 5.69 Å². The number of aryl methyl sites for hydroxylation is 1. The molecule has 1 N–H and O–H groups in total. The second kappa shape index (κ2) is 8.29. The van der Waals surface area contributed by atoms with Crippen LogP contribution in [-0.2, 0) is 6.54 Å². The molecule has 0 unspecified atom stereocenters. The van der Waals surface area contributed by atoms with E-state index in [2.05, 4.69) is 20.2 Å². The molecule has 0 spiro atoms. The fourth-order valence-corrected chi connectivity index (χ4v) is 2.81. The maximum absolute atomic E-state index is 14.0. The van der Waals surface area contributed by atoms with Crippen molar-refractivity contribution in [3.63, 3.8) is 0 Å². The Morgan fingerprint density at radius 1 is 0.964 bits per heavy atom. The lowest BCUT2D eigenvalue weighted by molar-refractivity contribution is 0.449. The summed E-state index contributed by atoms with van der Waals surface area (Å²) < 4.78 is 40.6. The molecule has 1 heterocycles. The van der Waals surface area contributed by atoms with Crippen molar-refractivity contribution in [3.8, 4) is 0 Å². The van der Waals surface area contributed by atoms with Crippen LogP contribution in [0, 0.1) is 24.4 Å². The Bertz CT molecular complexity index is 961. The van der Waals surface area contributed by atoms with Gasteiger partial charge in [0.1, 0.15) is 5.82 Å². The summed E-state index contributed by atoms with van der Waals surface area (Å²) in [5.41, 5.74) is 1.55. The van der Waals surface area contributed by atoms with Gasteiger partial charge in [-0.15, -0.1) is 0 Å². The van der Waals surface area contributed by atoms with E-state index in [-0.39, 0.29) is 17.7 Å². The predicted molar refractivity (Wildman–Crippen MR) is 104 cm³/mol. The lowest BCUT2D eigenvalue weighted by Gasteiger charge is -2.28. The van der Waals surface area contributed by atoms with Crippen LogP contribution in [0.1, 0.15) is 25.1 Å². The van der Waals surface area contributed by atoms with Crippen LogP contribution in [0.25, 0.3) is 0 Å². The molecule has 0 fully saturated rings. The number of nitrogens with zero attached hydrogens (tertiary/aromatic N) is 3. The molecule has 4 nitrogen and oxygen atoms in total. The zero-order chi connectivity index (χ0) is 20.3. The predicted octanol–water partition coefficient (Wildman–Crippen LogP) is 5.36. The quantitative estimate of drug-likeness (QED) is 0.579. The van der Waals surface area contributed by atoms with Gasteiger partial charge in [0.15, 0.2) is 17.5 Å². The Balaban J connectivity index is 1.92. The molecule has 3 aromatic rings. The van der Waals surface area contributed by atoms with Crippen molar-refractivity contribution in [2.24, 2.45) is 0 Å². The minimum absolute atomic E-state index is 0.110. The van der Waals surface area contributed by atoms with Gasteiger partial charge in [0.25, 0.3) is 0 Å². The second-order valence-corrected chi connectivity index (χ2v) is 6.75. The van der Waals surface area contributed by atoms with Gasteiger partial charge in [0, 0.05) is 24.3 Å². The van der Waals surface area contributed by atoms with Crippen LogP contribution in [0.4, 0.5) is 30.6 Å². The summed E-state index contributed by atoms with van der Waals surface area (Å²) >= 11 is 0. The Morgan fingerprint density at radius 2 is 1.68 bits per heavy atom. The Morgan fingerprint density at radius 3 is 2.36 bits per heavy atom. The van der Waals surface area contributed by atoms with Crippen molar-refractivity contribution in [3.05, 3.63) is 77.2 Å². The van der Waals surface area contributed by atoms with E-state index >= 15 is 0 Å². The number of hydrogen-bond acceptors (Lipinski definition) is 4. The van der Waals surface area contributed by atoms with Crippen molar-refractivity contribution in [2.45, 2.75) is 33.4 Å². The first kappa shape index (κ1) is 19.7.